The van der Waals surface area contributed by atoms with Crippen molar-refractivity contribution in [3.63, 3.8) is 0 Å². The lowest BCUT2D eigenvalue weighted by molar-refractivity contribution is 0.374. The molecule has 0 amide bonds. The van der Waals surface area contributed by atoms with Crippen LogP contribution in [0.25, 0.3) is 0 Å². The summed E-state index contributed by atoms with van der Waals surface area (Å²) < 4.78 is 26.2. The molecule has 1 aromatic rings. The van der Waals surface area contributed by atoms with Gasteiger partial charge in [0.15, 0.2) is 0 Å². The van der Waals surface area contributed by atoms with Gasteiger partial charge < -0.3 is 5.73 Å². The maximum absolute atomic E-state index is 12.4. The Labute approximate surface area is 122 Å². The van der Waals surface area contributed by atoms with Gasteiger partial charge in [-0.2, -0.15) is 0 Å². The van der Waals surface area contributed by atoms with Gasteiger partial charge in [-0.05, 0) is 36.5 Å². The summed E-state index contributed by atoms with van der Waals surface area (Å²) in [4.78, 5) is 0. The summed E-state index contributed by atoms with van der Waals surface area (Å²) >= 11 is 0. The fraction of sp³-hybridized carbons (Fsp3) is 0.600. The second-order valence-electron chi connectivity index (χ2n) is 5.78. The fourth-order valence-corrected chi connectivity index (χ4v) is 4.29. The Bertz CT molecular complexity index is 519. The Kier molecular flexibility index (Phi) is 5.05. The minimum absolute atomic E-state index is 0.290. The van der Waals surface area contributed by atoms with Crippen molar-refractivity contribution in [1.82, 2.24) is 4.31 Å². The standard InChI is InChI=1S/C15H24N2O2S/c1-17(11-13-7-9-15(16)10-8-13)20(18,19)12-14-5-3-2-4-6-14/h7-10,14H,2-6,11-12,16H2,1H3. The van der Waals surface area contributed by atoms with Crippen molar-refractivity contribution in [2.24, 2.45) is 5.92 Å². The van der Waals surface area contributed by atoms with Crippen LogP contribution < -0.4 is 5.73 Å². The van der Waals surface area contributed by atoms with Crippen LogP contribution in [0, 0.1) is 5.92 Å². The van der Waals surface area contributed by atoms with Gasteiger partial charge >= 0.3 is 0 Å². The number of nitrogens with two attached hydrogens (primary N) is 1. The third-order valence-corrected chi connectivity index (χ3v) is 6.00. The van der Waals surface area contributed by atoms with Gasteiger partial charge in [0.2, 0.25) is 10.0 Å². The van der Waals surface area contributed by atoms with Gasteiger partial charge in [-0.25, -0.2) is 12.7 Å². The number of rotatable bonds is 5. The summed E-state index contributed by atoms with van der Waals surface area (Å²) in [6, 6.07) is 7.36. The molecule has 0 bridgehead atoms. The maximum atomic E-state index is 12.4. The molecular formula is C15H24N2O2S. The van der Waals surface area contributed by atoms with Gasteiger partial charge in [-0.15, -0.1) is 0 Å². The summed E-state index contributed by atoms with van der Waals surface area (Å²) in [6.07, 6.45) is 5.69. The molecule has 0 aromatic heterocycles. The first-order chi connectivity index (χ1) is 9.47. The second-order valence-corrected chi connectivity index (χ2v) is 7.90. The van der Waals surface area contributed by atoms with Gasteiger partial charge in [0.25, 0.3) is 0 Å². The van der Waals surface area contributed by atoms with Crippen LogP contribution in [0.15, 0.2) is 24.3 Å². The van der Waals surface area contributed by atoms with Crippen LogP contribution in [0.5, 0.6) is 0 Å². The van der Waals surface area contributed by atoms with Crippen LogP contribution in [0.1, 0.15) is 37.7 Å². The van der Waals surface area contributed by atoms with Crippen molar-refractivity contribution in [3.05, 3.63) is 29.8 Å². The van der Waals surface area contributed by atoms with Crippen LogP contribution in [0.4, 0.5) is 5.69 Å². The molecule has 2 rings (SSSR count). The lowest BCUT2D eigenvalue weighted by atomic mass is 9.91. The van der Waals surface area contributed by atoms with E-state index in [1.165, 1.54) is 23.6 Å². The van der Waals surface area contributed by atoms with Gasteiger partial charge in [0.1, 0.15) is 0 Å². The molecule has 1 fully saturated rings. The molecule has 112 valence electrons. The first-order valence-corrected chi connectivity index (χ1v) is 8.87. The molecule has 0 spiro atoms. The molecule has 0 heterocycles. The topological polar surface area (TPSA) is 63.4 Å². The van der Waals surface area contributed by atoms with E-state index in [-0.39, 0.29) is 0 Å². The summed E-state index contributed by atoms with van der Waals surface area (Å²) in [5.74, 6) is 0.626. The van der Waals surface area contributed by atoms with E-state index >= 15 is 0 Å². The Morgan fingerprint density at radius 2 is 1.75 bits per heavy atom. The molecule has 0 radical (unpaired) electrons. The average Bonchev–Trinajstić information content (AvgIpc) is 2.42. The highest BCUT2D eigenvalue weighted by Gasteiger charge is 2.24. The number of hydrogen-bond donors (Lipinski definition) is 1. The van der Waals surface area contributed by atoms with Crippen molar-refractivity contribution in [2.45, 2.75) is 38.6 Å². The minimum Gasteiger partial charge on any atom is -0.399 e. The minimum atomic E-state index is -3.17. The largest absolute Gasteiger partial charge is 0.399 e. The monoisotopic (exact) mass is 296 g/mol. The third-order valence-electron chi connectivity index (χ3n) is 4.03. The van der Waals surface area contributed by atoms with Crippen LogP contribution in [-0.2, 0) is 16.6 Å². The number of anilines is 1. The van der Waals surface area contributed by atoms with Gasteiger partial charge in [-0.3, -0.25) is 0 Å². The van der Waals surface area contributed by atoms with E-state index in [9.17, 15) is 8.42 Å². The predicted molar refractivity (Wildman–Crippen MR) is 82.7 cm³/mol. The van der Waals surface area contributed by atoms with Crippen molar-refractivity contribution in [1.29, 1.82) is 0 Å². The summed E-state index contributed by atoms with van der Waals surface area (Å²) in [7, 11) is -1.50. The highest BCUT2D eigenvalue weighted by Crippen LogP contribution is 2.25. The van der Waals surface area contributed by atoms with Gasteiger partial charge in [0, 0.05) is 19.3 Å². The Hall–Kier alpha value is -1.07. The lowest BCUT2D eigenvalue weighted by Gasteiger charge is -2.24. The molecule has 1 saturated carbocycles. The molecule has 4 nitrogen and oxygen atoms in total. The number of hydrogen-bond acceptors (Lipinski definition) is 3. The van der Waals surface area contributed by atoms with Crippen LogP contribution in [0.2, 0.25) is 0 Å². The zero-order valence-electron chi connectivity index (χ0n) is 12.1. The van der Waals surface area contributed by atoms with Crippen molar-refractivity contribution < 1.29 is 8.42 Å². The van der Waals surface area contributed by atoms with Crippen LogP contribution in [0.3, 0.4) is 0 Å². The molecule has 1 aliphatic carbocycles. The number of benzene rings is 1. The number of nitrogens with zero attached hydrogens (tertiary/aromatic N) is 1. The zero-order valence-corrected chi connectivity index (χ0v) is 12.9. The van der Waals surface area contributed by atoms with E-state index in [4.69, 9.17) is 5.73 Å². The second kappa shape index (κ2) is 6.59. The van der Waals surface area contributed by atoms with Gasteiger partial charge in [0.05, 0.1) is 5.75 Å². The van der Waals surface area contributed by atoms with Crippen LogP contribution in [-0.4, -0.2) is 25.5 Å². The molecule has 0 atom stereocenters. The first-order valence-electron chi connectivity index (χ1n) is 7.26. The quantitative estimate of drug-likeness (QED) is 0.850. The Morgan fingerprint density at radius 1 is 1.15 bits per heavy atom. The van der Waals surface area contributed by atoms with Crippen molar-refractivity contribution >= 4 is 15.7 Å². The Morgan fingerprint density at radius 3 is 2.35 bits per heavy atom. The van der Waals surface area contributed by atoms with E-state index in [0.29, 0.717) is 23.9 Å². The zero-order chi connectivity index (χ0) is 14.6. The van der Waals surface area contributed by atoms with Crippen molar-refractivity contribution in [3.8, 4) is 0 Å². The molecule has 0 saturated heterocycles. The van der Waals surface area contributed by atoms with Gasteiger partial charge in [-0.1, -0.05) is 31.4 Å². The Balaban J connectivity index is 1.95. The van der Waals surface area contributed by atoms with E-state index in [0.717, 1.165) is 18.4 Å². The van der Waals surface area contributed by atoms with Crippen molar-refractivity contribution in [2.75, 3.05) is 18.5 Å². The SMILES string of the molecule is CN(Cc1ccc(N)cc1)S(=O)(=O)CC1CCCCC1. The molecule has 5 heteroatoms. The molecule has 0 aliphatic heterocycles. The summed E-state index contributed by atoms with van der Waals surface area (Å²) in [6.45, 7) is 0.412. The molecule has 2 N–H and O–H groups in total. The summed E-state index contributed by atoms with van der Waals surface area (Å²) in [5, 5.41) is 0. The smallest absolute Gasteiger partial charge is 0.214 e. The molecule has 1 aromatic carbocycles. The van der Waals surface area contributed by atoms with Crippen LogP contribution >= 0.6 is 0 Å². The molecular weight excluding hydrogens is 272 g/mol. The first kappa shape index (κ1) is 15.3. The van der Waals surface area contributed by atoms with E-state index < -0.39 is 10.0 Å². The molecule has 0 unspecified atom stereocenters. The molecule has 20 heavy (non-hydrogen) atoms. The highest BCUT2D eigenvalue weighted by atomic mass is 32.2. The number of sulfonamides is 1. The van der Waals surface area contributed by atoms with E-state index in [1.54, 1.807) is 19.2 Å². The third kappa shape index (κ3) is 4.21. The maximum Gasteiger partial charge on any atom is 0.214 e. The van der Waals surface area contributed by atoms with E-state index in [1.807, 2.05) is 12.1 Å². The fourth-order valence-electron chi connectivity index (χ4n) is 2.76. The highest BCUT2D eigenvalue weighted by molar-refractivity contribution is 7.89. The average molecular weight is 296 g/mol. The predicted octanol–water partition coefficient (Wildman–Crippen LogP) is 2.61. The summed E-state index contributed by atoms with van der Waals surface area (Å²) in [5.41, 5.74) is 7.30. The normalized spacial score (nSPS) is 17.5. The van der Waals surface area contributed by atoms with E-state index in [2.05, 4.69) is 0 Å². The number of nitrogen functional groups attached to an aromatic ring is 1. The lowest BCUT2D eigenvalue weighted by Crippen LogP contribution is -2.32. The molecule has 1 aliphatic rings.